The summed E-state index contributed by atoms with van der Waals surface area (Å²) in [6.45, 7) is 2.99. The van der Waals surface area contributed by atoms with E-state index in [1.807, 2.05) is 31.2 Å². The average molecular weight is 259 g/mol. The molecular formula is C15H17NO3. The number of hydrogen-bond donors (Lipinski definition) is 0. The smallest absolute Gasteiger partial charge is 0.318 e. The number of carbonyl (C=O) groups excluding carboxylic acids is 1. The normalized spacial score (nSPS) is 27.5. The Hall–Kier alpha value is -1.84. The molecule has 1 aromatic carbocycles. The molecule has 0 N–H and O–H groups in total. The van der Waals surface area contributed by atoms with Gasteiger partial charge in [-0.1, -0.05) is 0 Å². The Morgan fingerprint density at radius 2 is 2.16 bits per heavy atom. The number of rotatable bonds is 4. The van der Waals surface area contributed by atoms with Gasteiger partial charge >= 0.3 is 5.97 Å². The van der Waals surface area contributed by atoms with E-state index in [2.05, 4.69) is 4.99 Å². The zero-order valence-electron chi connectivity index (χ0n) is 11.2. The molecule has 100 valence electrons. The van der Waals surface area contributed by atoms with E-state index >= 15 is 0 Å². The number of esters is 1. The summed E-state index contributed by atoms with van der Waals surface area (Å²) in [5.74, 6) is 1.02. The van der Waals surface area contributed by atoms with Crippen LogP contribution in [0.1, 0.15) is 18.9 Å². The Kier molecular flexibility index (Phi) is 2.81. The molecule has 0 unspecified atom stereocenters. The van der Waals surface area contributed by atoms with Gasteiger partial charge in [-0.05, 0) is 43.2 Å². The number of hydrogen-bond acceptors (Lipinski definition) is 4. The Balaban J connectivity index is 1.89. The van der Waals surface area contributed by atoms with Gasteiger partial charge < -0.3 is 9.47 Å². The molecule has 0 amide bonds. The highest BCUT2D eigenvalue weighted by Gasteiger charge is 2.67. The highest BCUT2D eigenvalue weighted by Crippen LogP contribution is 2.59. The van der Waals surface area contributed by atoms with Crippen LogP contribution in [0.25, 0.3) is 0 Å². The quantitative estimate of drug-likeness (QED) is 0.778. The van der Waals surface area contributed by atoms with Crippen molar-refractivity contribution in [2.24, 2.45) is 16.3 Å². The lowest BCUT2D eigenvalue weighted by atomic mass is 9.93. The standard InChI is InChI=1S/C15H17NO3/c1-3-19-14(17)15-8-11(15)9-16-13(15)10-4-6-12(18-2)7-5-10/h4-7,11H,3,8-9H2,1-2H3/t11-,15+/m1/s1. The number of benzene rings is 1. The number of fused-ring (bicyclic) bond motifs is 1. The summed E-state index contributed by atoms with van der Waals surface area (Å²) >= 11 is 0. The summed E-state index contributed by atoms with van der Waals surface area (Å²) in [6, 6.07) is 7.71. The van der Waals surface area contributed by atoms with Crippen molar-refractivity contribution in [1.82, 2.24) is 0 Å². The van der Waals surface area contributed by atoms with Crippen LogP contribution >= 0.6 is 0 Å². The van der Waals surface area contributed by atoms with Gasteiger partial charge in [0, 0.05) is 12.5 Å². The fourth-order valence-corrected chi connectivity index (χ4v) is 2.89. The predicted molar refractivity (Wildman–Crippen MR) is 71.6 cm³/mol. The summed E-state index contributed by atoms with van der Waals surface area (Å²) in [7, 11) is 1.64. The van der Waals surface area contributed by atoms with Crippen LogP contribution in [0.4, 0.5) is 0 Å². The van der Waals surface area contributed by atoms with Crippen LogP contribution in [0, 0.1) is 11.3 Å². The lowest BCUT2D eigenvalue weighted by molar-refractivity contribution is -0.147. The van der Waals surface area contributed by atoms with Gasteiger partial charge in [0.05, 0.1) is 19.4 Å². The van der Waals surface area contributed by atoms with Crippen molar-refractivity contribution in [1.29, 1.82) is 0 Å². The van der Waals surface area contributed by atoms with Gasteiger partial charge in [-0.2, -0.15) is 0 Å². The van der Waals surface area contributed by atoms with Crippen molar-refractivity contribution in [3.63, 3.8) is 0 Å². The predicted octanol–water partition coefficient (Wildman–Crippen LogP) is 2.07. The van der Waals surface area contributed by atoms with Gasteiger partial charge in [0.2, 0.25) is 0 Å². The van der Waals surface area contributed by atoms with Gasteiger partial charge in [0.25, 0.3) is 0 Å². The Bertz CT molecular complexity index is 535. The number of aliphatic imine (C=N–C) groups is 1. The maximum absolute atomic E-state index is 12.2. The molecule has 0 aromatic heterocycles. The van der Waals surface area contributed by atoms with E-state index < -0.39 is 5.41 Å². The van der Waals surface area contributed by atoms with E-state index in [1.54, 1.807) is 7.11 Å². The highest BCUT2D eigenvalue weighted by atomic mass is 16.5. The molecule has 4 nitrogen and oxygen atoms in total. The van der Waals surface area contributed by atoms with Crippen LogP contribution in [0.15, 0.2) is 29.3 Å². The van der Waals surface area contributed by atoms with Crippen LogP contribution in [-0.4, -0.2) is 31.9 Å². The lowest BCUT2D eigenvalue weighted by Gasteiger charge is -2.15. The Morgan fingerprint density at radius 1 is 1.42 bits per heavy atom. The topological polar surface area (TPSA) is 47.9 Å². The first kappa shape index (κ1) is 12.2. The summed E-state index contributed by atoms with van der Waals surface area (Å²) in [5.41, 5.74) is 1.41. The third-order valence-corrected chi connectivity index (χ3v) is 4.00. The first-order valence-corrected chi connectivity index (χ1v) is 6.59. The first-order chi connectivity index (χ1) is 9.22. The first-order valence-electron chi connectivity index (χ1n) is 6.59. The minimum atomic E-state index is -0.468. The van der Waals surface area contributed by atoms with Crippen LogP contribution in [0.2, 0.25) is 0 Å². The second kappa shape index (κ2) is 4.37. The molecule has 0 radical (unpaired) electrons. The molecule has 1 heterocycles. The van der Waals surface area contributed by atoms with Crippen molar-refractivity contribution < 1.29 is 14.3 Å². The number of carbonyl (C=O) groups is 1. The summed E-state index contributed by atoms with van der Waals surface area (Å²) < 4.78 is 10.4. The molecule has 2 atom stereocenters. The van der Waals surface area contributed by atoms with Gasteiger partial charge in [-0.25, -0.2) is 0 Å². The molecule has 4 heteroatoms. The van der Waals surface area contributed by atoms with Crippen LogP contribution in [-0.2, 0) is 9.53 Å². The van der Waals surface area contributed by atoms with Gasteiger partial charge in [-0.3, -0.25) is 9.79 Å². The molecule has 2 aliphatic rings. The Labute approximate surface area is 112 Å². The summed E-state index contributed by atoms with van der Waals surface area (Å²) in [4.78, 5) is 16.7. The minimum absolute atomic E-state index is 0.118. The molecule has 0 saturated heterocycles. The number of nitrogens with zero attached hydrogens (tertiary/aromatic N) is 1. The summed E-state index contributed by atoms with van der Waals surface area (Å²) in [6.07, 6.45) is 0.872. The second-order valence-electron chi connectivity index (χ2n) is 5.01. The van der Waals surface area contributed by atoms with Gasteiger partial charge in [-0.15, -0.1) is 0 Å². The largest absolute Gasteiger partial charge is 0.497 e. The van der Waals surface area contributed by atoms with Crippen molar-refractivity contribution in [2.45, 2.75) is 13.3 Å². The number of methoxy groups -OCH3 is 1. The minimum Gasteiger partial charge on any atom is -0.497 e. The third kappa shape index (κ3) is 1.74. The van der Waals surface area contributed by atoms with E-state index in [9.17, 15) is 4.79 Å². The van der Waals surface area contributed by atoms with E-state index in [1.165, 1.54) is 0 Å². The van der Waals surface area contributed by atoms with Crippen LogP contribution < -0.4 is 4.74 Å². The third-order valence-electron chi connectivity index (χ3n) is 4.00. The van der Waals surface area contributed by atoms with Crippen LogP contribution in [0.5, 0.6) is 5.75 Å². The van der Waals surface area contributed by atoms with Gasteiger partial charge in [0.1, 0.15) is 11.2 Å². The molecule has 1 aromatic rings. The highest BCUT2D eigenvalue weighted by molar-refractivity contribution is 6.19. The molecule has 1 fully saturated rings. The molecule has 1 saturated carbocycles. The molecule has 19 heavy (non-hydrogen) atoms. The molecular weight excluding hydrogens is 242 g/mol. The van der Waals surface area contributed by atoms with Crippen molar-refractivity contribution in [2.75, 3.05) is 20.3 Å². The summed E-state index contributed by atoms with van der Waals surface area (Å²) in [5, 5.41) is 0. The van der Waals surface area contributed by atoms with Crippen molar-refractivity contribution >= 4 is 11.7 Å². The van der Waals surface area contributed by atoms with Gasteiger partial charge in [0.15, 0.2) is 0 Å². The lowest BCUT2D eigenvalue weighted by Crippen LogP contribution is -2.28. The van der Waals surface area contributed by atoms with Crippen LogP contribution in [0.3, 0.4) is 0 Å². The fraction of sp³-hybridized carbons (Fsp3) is 0.467. The van der Waals surface area contributed by atoms with E-state index in [0.717, 1.165) is 30.0 Å². The fourth-order valence-electron chi connectivity index (χ4n) is 2.89. The maximum Gasteiger partial charge on any atom is 0.318 e. The average Bonchev–Trinajstić information content (AvgIpc) is 3.06. The zero-order chi connectivity index (χ0) is 13.5. The molecule has 0 spiro atoms. The zero-order valence-corrected chi connectivity index (χ0v) is 11.2. The SMILES string of the molecule is CCOC(=O)[C@@]12C[C@@H]1CN=C2c1ccc(OC)cc1. The van der Waals surface area contributed by atoms with E-state index in [-0.39, 0.29) is 5.97 Å². The van der Waals surface area contributed by atoms with E-state index in [4.69, 9.17) is 9.47 Å². The Morgan fingerprint density at radius 3 is 2.74 bits per heavy atom. The van der Waals surface area contributed by atoms with E-state index in [0.29, 0.717) is 12.5 Å². The number of ether oxygens (including phenoxy) is 2. The molecule has 1 aliphatic carbocycles. The maximum atomic E-state index is 12.2. The van der Waals surface area contributed by atoms with Crippen molar-refractivity contribution in [3.05, 3.63) is 29.8 Å². The monoisotopic (exact) mass is 259 g/mol. The molecule has 0 bridgehead atoms. The molecule has 3 rings (SSSR count). The molecule has 1 aliphatic heterocycles. The van der Waals surface area contributed by atoms with Crippen molar-refractivity contribution in [3.8, 4) is 5.75 Å². The second-order valence-corrected chi connectivity index (χ2v) is 5.01.